The van der Waals surface area contributed by atoms with Gasteiger partial charge >= 0.3 is 5.97 Å². The third-order valence-corrected chi connectivity index (χ3v) is 5.91. The van der Waals surface area contributed by atoms with Crippen LogP contribution in [0, 0.1) is 6.92 Å². The molecule has 3 rings (SSSR count). The summed E-state index contributed by atoms with van der Waals surface area (Å²) in [6.07, 6.45) is 1.68. The van der Waals surface area contributed by atoms with E-state index in [0.717, 1.165) is 12.8 Å². The standard InChI is InChI=1S/C14H17NO5S/c1-9-2-5-12(6-13(9)14(16)17)21(18,19)15-7-10-3-4-11(8-15)20-10/h2,5-6,10-11H,3-4,7-8H2,1H3,(H,16,17). The second-order valence-corrected chi connectivity index (χ2v) is 7.50. The second kappa shape index (κ2) is 5.08. The molecule has 1 aromatic rings. The van der Waals surface area contributed by atoms with Crippen LogP contribution in [0.25, 0.3) is 0 Å². The molecule has 2 fully saturated rings. The molecule has 114 valence electrons. The summed E-state index contributed by atoms with van der Waals surface area (Å²) in [5.74, 6) is -1.12. The van der Waals surface area contributed by atoms with Gasteiger partial charge in [0.1, 0.15) is 0 Å². The molecule has 0 amide bonds. The van der Waals surface area contributed by atoms with Crippen molar-refractivity contribution >= 4 is 16.0 Å². The van der Waals surface area contributed by atoms with Gasteiger partial charge in [0.15, 0.2) is 0 Å². The van der Waals surface area contributed by atoms with Crippen LogP contribution in [-0.4, -0.2) is 49.1 Å². The van der Waals surface area contributed by atoms with Gasteiger partial charge in [-0.3, -0.25) is 0 Å². The van der Waals surface area contributed by atoms with Crippen molar-refractivity contribution in [3.63, 3.8) is 0 Å². The van der Waals surface area contributed by atoms with Gasteiger partial charge < -0.3 is 9.84 Å². The summed E-state index contributed by atoms with van der Waals surface area (Å²) in [6, 6.07) is 4.24. The first kappa shape index (κ1) is 14.5. The van der Waals surface area contributed by atoms with Gasteiger partial charge in [-0.2, -0.15) is 4.31 Å². The van der Waals surface area contributed by atoms with E-state index in [1.165, 1.54) is 22.5 Å². The molecule has 21 heavy (non-hydrogen) atoms. The molecule has 2 atom stereocenters. The monoisotopic (exact) mass is 311 g/mol. The number of fused-ring (bicyclic) bond motifs is 2. The molecule has 2 saturated heterocycles. The minimum absolute atomic E-state index is 0.0207. The van der Waals surface area contributed by atoms with E-state index in [0.29, 0.717) is 18.7 Å². The van der Waals surface area contributed by atoms with Gasteiger partial charge in [-0.25, -0.2) is 13.2 Å². The maximum atomic E-state index is 12.7. The molecule has 0 spiro atoms. The lowest BCUT2D eigenvalue weighted by Gasteiger charge is -2.31. The maximum absolute atomic E-state index is 12.7. The van der Waals surface area contributed by atoms with Crippen LogP contribution in [0.15, 0.2) is 23.1 Å². The molecule has 1 N–H and O–H groups in total. The molecule has 2 aliphatic heterocycles. The van der Waals surface area contributed by atoms with Gasteiger partial charge in [-0.1, -0.05) is 6.07 Å². The lowest BCUT2D eigenvalue weighted by atomic mass is 10.1. The third kappa shape index (κ3) is 2.56. The van der Waals surface area contributed by atoms with E-state index in [1.54, 1.807) is 6.92 Å². The lowest BCUT2D eigenvalue weighted by Crippen LogP contribution is -2.45. The van der Waals surface area contributed by atoms with E-state index in [2.05, 4.69) is 0 Å². The Morgan fingerprint density at radius 3 is 2.48 bits per heavy atom. The van der Waals surface area contributed by atoms with Crippen molar-refractivity contribution in [1.82, 2.24) is 4.31 Å². The number of aromatic carboxylic acids is 1. The minimum atomic E-state index is -3.67. The van der Waals surface area contributed by atoms with Crippen LogP contribution in [0.1, 0.15) is 28.8 Å². The lowest BCUT2D eigenvalue weighted by molar-refractivity contribution is -0.0114. The number of ether oxygens (including phenoxy) is 1. The van der Waals surface area contributed by atoms with E-state index in [1.807, 2.05) is 0 Å². The molecule has 2 bridgehead atoms. The van der Waals surface area contributed by atoms with Gasteiger partial charge in [0.2, 0.25) is 10.0 Å². The number of sulfonamides is 1. The minimum Gasteiger partial charge on any atom is -0.478 e. The molecule has 0 aromatic heterocycles. The number of morpholine rings is 1. The Bertz CT molecular complexity index is 673. The highest BCUT2D eigenvalue weighted by atomic mass is 32.2. The summed E-state index contributed by atoms with van der Waals surface area (Å²) < 4.78 is 32.4. The van der Waals surface area contributed by atoms with Crippen molar-refractivity contribution < 1.29 is 23.1 Å². The average Bonchev–Trinajstić information content (AvgIpc) is 2.77. The zero-order valence-electron chi connectivity index (χ0n) is 11.7. The predicted octanol–water partition coefficient (Wildman–Crippen LogP) is 1.25. The Labute approximate surface area is 123 Å². The van der Waals surface area contributed by atoms with Crippen LogP contribution in [0.3, 0.4) is 0 Å². The number of aryl methyl sites for hydroxylation is 1. The fraction of sp³-hybridized carbons (Fsp3) is 0.500. The molecule has 6 nitrogen and oxygen atoms in total. The quantitative estimate of drug-likeness (QED) is 0.908. The number of benzene rings is 1. The Morgan fingerprint density at radius 2 is 1.90 bits per heavy atom. The largest absolute Gasteiger partial charge is 0.478 e. The van der Waals surface area contributed by atoms with Gasteiger partial charge in [0.05, 0.1) is 22.7 Å². The molecule has 2 heterocycles. The van der Waals surface area contributed by atoms with E-state index in [9.17, 15) is 13.2 Å². The third-order valence-electron chi connectivity index (χ3n) is 4.09. The highest BCUT2D eigenvalue weighted by molar-refractivity contribution is 7.89. The summed E-state index contributed by atoms with van der Waals surface area (Å²) in [5.41, 5.74) is 0.566. The van der Waals surface area contributed by atoms with Gasteiger partial charge in [-0.05, 0) is 37.5 Å². The molecule has 2 unspecified atom stereocenters. The Morgan fingerprint density at radius 1 is 1.29 bits per heavy atom. The van der Waals surface area contributed by atoms with Crippen LogP contribution in [0.4, 0.5) is 0 Å². The van der Waals surface area contributed by atoms with Gasteiger partial charge in [-0.15, -0.1) is 0 Å². The Kier molecular flexibility index (Phi) is 3.51. The second-order valence-electron chi connectivity index (χ2n) is 5.56. The van der Waals surface area contributed by atoms with Crippen LogP contribution >= 0.6 is 0 Å². The highest BCUT2D eigenvalue weighted by Crippen LogP contribution is 2.30. The topological polar surface area (TPSA) is 83.9 Å². The van der Waals surface area contributed by atoms with E-state index in [4.69, 9.17) is 9.84 Å². The zero-order chi connectivity index (χ0) is 15.2. The van der Waals surface area contributed by atoms with E-state index < -0.39 is 16.0 Å². The highest BCUT2D eigenvalue weighted by Gasteiger charge is 2.39. The van der Waals surface area contributed by atoms with Crippen molar-refractivity contribution in [1.29, 1.82) is 0 Å². The van der Waals surface area contributed by atoms with Gasteiger partial charge in [0, 0.05) is 13.1 Å². The number of carbonyl (C=O) groups is 1. The van der Waals surface area contributed by atoms with Crippen molar-refractivity contribution in [2.45, 2.75) is 36.9 Å². The van der Waals surface area contributed by atoms with Crippen LogP contribution in [0.5, 0.6) is 0 Å². The molecular formula is C14H17NO5S. The first-order valence-electron chi connectivity index (χ1n) is 6.87. The van der Waals surface area contributed by atoms with Crippen LogP contribution in [0.2, 0.25) is 0 Å². The number of hydrogen-bond acceptors (Lipinski definition) is 4. The maximum Gasteiger partial charge on any atom is 0.335 e. The van der Waals surface area contributed by atoms with E-state index in [-0.39, 0.29) is 22.7 Å². The van der Waals surface area contributed by atoms with E-state index >= 15 is 0 Å². The Balaban J connectivity index is 1.95. The SMILES string of the molecule is Cc1ccc(S(=O)(=O)N2CC3CCC(C2)O3)cc1C(=O)O. The smallest absolute Gasteiger partial charge is 0.335 e. The number of rotatable bonds is 3. The first-order chi connectivity index (χ1) is 9.88. The van der Waals surface area contributed by atoms with Crippen molar-refractivity contribution in [2.24, 2.45) is 0 Å². The summed E-state index contributed by atoms with van der Waals surface area (Å²) in [7, 11) is -3.67. The number of carboxylic acid groups (broad SMARTS) is 1. The molecule has 0 aliphatic carbocycles. The zero-order valence-corrected chi connectivity index (χ0v) is 12.5. The fourth-order valence-electron chi connectivity index (χ4n) is 2.91. The average molecular weight is 311 g/mol. The first-order valence-corrected chi connectivity index (χ1v) is 8.31. The molecule has 0 saturated carbocycles. The van der Waals surface area contributed by atoms with Crippen molar-refractivity contribution in [3.05, 3.63) is 29.3 Å². The molecule has 2 aliphatic rings. The Hall–Kier alpha value is -1.44. The van der Waals surface area contributed by atoms with Crippen LogP contribution in [-0.2, 0) is 14.8 Å². The molecule has 1 aromatic carbocycles. The number of hydrogen-bond donors (Lipinski definition) is 1. The number of nitrogens with zero attached hydrogens (tertiary/aromatic N) is 1. The summed E-state index contributed by atoms with van der Waals surface area (Å²) in [4.78, 5) is 11.2. The fourth-order valence-corrected chi connectivity index (χ4v) is 4.44. The molecule has 7 heteroatoms. The van der Waals surface area contributed by atoms with Gasteiger partial charge in [0.25, 0.3) is 0 Å². The molecule has 0 radical (unpaired) electrons. The number of carboxylic acids is 1. The van der Waals surface area contributed by atoms with Crippen molar-refractivity contribution in [2.75, 3.05) is 13.1 Å². The summed E-state index contributed by atoms with van der Waals surface area (Å²) >= 11 is 0. The normalized spacial score (nSPS) is 26.0. The summed E-state index contributed by atoms with van der Waals surface area (Å²) in [6.45, 7) is 2.33. The predicted molar refractivity (Wildman–Crippen MR) is 74.8 cm³/mol. The van der Waals surface area contributed by atoms with Crippen molar-refractivity contribution in [3.8, 4) is 0 Å². The summed E-state index contributed by atoms with van der Waals surface area (Å²) in [5, 5.41) is 9.13. The van der Waals surface area contributed by atoms with Crippen LogP contribution < -0.4 is 0 Å². The molecular weight excluding hydrogens is 294 g/mol.